The van der Waals surface area contributed by atoms with Crippen molar-refractivity contribution in [3.8, 4) is 0 Å². The molecule has 22 heavy (non-hydrogen) atoms. The van der Waals surface area contributed by atoms with Crippen molar-refractivity contribution in [2.45, 2.75) is 36.6 Å². The SMILES string of the molecule is Cc1nnc(SCC(=O)N(C)C2CCCc3ccccc32)s1. The molecule has 0 aliphatic heterocycles. The molecule has 1 aliphatic rings. The van der Waals surface area contributed by atoms with Crippen molar-refractivity contribution in [2.24, 2.45) is 0 Å². The van der Waals surface area contributed by atoms with Gasteiger partial charge in [0, 0.05) is 7.05 Å². The number of benzene rings is 1. The highest BCUT2D eigenvalue weighted by Crippen LogP contribution is 2.34. The molecule has 1 aliphatic carbocycles. The Labute approximate surface area is 138 Å². The molecule has 0 spiro atoms. The van der Waals surface area contributed by atoms with Gasteiger partial charge in [-0.2, -0.15) is 0 Å². The number of carbonyl (C=O) groups is 1. The lowest BCUT2D eigenvalue weighted by molar-refractivity contribution is -0.129. The predicted octanol–water partition coefficient (Wildman–Crippen LogP) is 3.47. The molecule has 1 aromatic carbocycles. The number of rotatable bonds is 4. The number of aromatic nitrogens is 2. The van der Waals surface area contributed by atoms with Crippen LogP contribution in [0.2, 0.25) is 0 Å². The highest BCUT2D eigenvalue weighted by molar-refractivity contribution is 8.01. The molecular weight excluding hydrogens is 314 g/mol. The fraction of sp³-hybridized carbons (Fsp3) is 0.438. The molecule has 0 fully saturated rings. The summed E-state index contributed by atoms with van der Waals surface area (Å²) < 4.78 is 0.864. The van der Waals surface area contributed by atoms with E-state index in [1.807, 2.05) is 18.9 Å². The van der Waals surface area contributed by atoms with Crippen LogP contribution < -0.4 is 0 Å². The zero-order chi connectivity index (χ0) is 15.5. The van der Waals surface area contributed by atoms with E-state index in [0.717, 1.165) is 28.6 Å². The highest BCUT2D eigenvalue weighted by atomic mass is 32.2. The van der Waals surface area contributed by atoms with Gasteiger partial charge in [0.25, 0.3) is 0 Å². The Balaban J connectivity index is 1.66. The van der Waals surface area contributed by atoms with Gasteiger partial charge in [-0.25, -0.2) is 0 Å². The fourth-order valence-electron chi connectivity index (χ4n) is 2.87. The van der Waals surface area contributed by atoms with E-state index < -0.39 is 0 Å². The molecule has 0 saturated carbocycles. The van der Waals surface area contributed by atoms with Gasteiger partial charge < -0.3 is 4.90 Å². The van der Waals surface area contributed by atoms with Crippen molar-refractivity contribution in [2.75, 3.05) is 12.8 Å². The van der Waals surface area contributed by atoms with Crippen LogP contribution >= 0.6 is 23.1 Å². The van der Waals surface area contributed by atoms with Crippen molar-refractivity contribution in [1.82, 2.24) is 15.1 Å². The van der Waals surface area contributed by atoms with Crippen LogP contribution in [0.5, 0.6) is 0 Å². The molecule has 6 heteroatoms. The zero-order valence-corrected chi connectivity index (χ0v) is 14.4. The summed E-state index contributed by atoms with van der Waals surface area (Å²) in [5.41, 5.74) is 2.69. The van der Waals surface area contributed by atoms with E-state index in [9.17, 15) is 4.79 Å². The number of hydrogen-bond donors (Lipinski definition) is 0. The molecule has 1 aromatic heterocycles. The average Bonchev–Trinajstić information content (AvgIpc) is 2.97. The number of carbonyl (C=O) groups excluding carboxylic acids is 1. The number of amides is 1. The lowest BCUT2D eigenvalue weighted by Gasteiger charge is -2.33. The predicted molar refractivity (Wildman–Crippen MR) is 90.3 cm³/mol. The summed E-state index contributed by atoms with van der Waals surface area (Å²) in [5, 5.41) is 8.97. The summed E-state index contributed by atoms with van der Waals surface area (Å²) in [5.74, 6) is 0.573. The molecule has 3 rings (SSSR count). The fourth-order valence-corrected chi connectivity index (χ4v) is 4.61. The normalized spacial score (nSPS) is 17.1. The Morgan fingerprint density at radius 2 is 2.23 bits per heavy atom. The highest BCUT2D eigenvalue weighted by Gasteiger charge is 2.26. The molecule has 0 radical (unpaired) electrons. The van der Waals surface area contributed by atoms with Crippen LogP contribution in [0.15, 0.2) is 28.6 Å². The van der Waals surface area contributed by atoms with Gasteiger partial charge >= 0.3 is 0 Å². The second kappa shape index (κ2) is 6.79. The van der Waals surface area contributed by atoms with Crippen molar-refractivity contribution >= 4 is 29.0 Å². The maximum absolute atomic E-state index is 12.5. The molecule has 1 amide bonds. The Kier molecular flexibility index (Phi) is 4.78. The average molecular weight is 333 g/mol. The topological polar surface area (TPSA) is 46.1 Å². The molecule has 1 unspecified atom stereocenters. The summed E-state index contributed by atoms with van der Waals surface area (Å²) in [6.07, 6.45) is 3.30. The van der Waals surface area contributed by atoms with Crippen LogP contribution in [0.3, 0.4) is 0 Å². The van der Waals surface area contributed by atoms with E-state index in [1.165, 1.54) is 34.2 Å². The first-order chi connectivity index (χ1) is 10.6. The van der Waals surface area contributed by atoms with Crippen LogP contribution in [-0.2, 0) is 11.2 Å². The van der Waals surface area contributed by atoms with E-state index in [4.69, 9.17) is 0 Å². The number of aryl methyl sites for hydroxylation is 2. The van der Waals surface area contributed by atoms with E-state index in [-0.39, 0.29) is 11.9 Å². The van der Waals surface area contributed by atoms with Crippen LogP contribution in [0.4, 0.5) is 0 Å². The van der Waals surface area contributed by atoms with E-state index in [0.29, 0.717) is 5.75 Å². The van der Waals surface area contributed by atoms with E-state index >= 15 is 0 Å². The Hall–Kier alpha value is -1.40. The van der Waals surface area contributed by atoms with Crippen LogP contribution in [-0.4, -0.2) is 33.8 Å². The smallest absolute Gasteiger partial charge is 0.233 e. The van der Waals surface area contributed by atoms with E-state index in [1.54, 1.807) is 0 Å². The first-order valence-corrected chi connectivity index (χ1v) is 9.21. The summed E-state index contributed by atoms with van der Waals surface area (Å²) >= 11 is 3.01. The molecule has 0 bridgehead atoms. The van der Waals surface area contributed by atoms with Crippen LogP contribution in [0.25, 0.3) is 0 Å². The summed E-state index contributed by atoms with van der Waals surface area (Å²) in [4.78, 5) is 14.4. The third-order valence-corrected chi connectivity index (χ3v) is 5.98. The molecule has 1 heterocycles. The van der Waals surface area contributed by atoms with Crippen LogP contribution in [0.1, 0.15) is 35.0 Å². The molecule has 0 saturated heterocycles. The Morgan fingerprint density at radius 1 is 1.41 bits per heavy atom. The number of hydrogen-bond acceptors (Lipinski definition) is 5. The van der Waals surface area contributed by atoms with Crippen molar-refractivity contribution in [3.05, 3.63) is 40.4 Å². The van der Waals surface area contributed by atoms with Gasteiger partial charge in [-0.05, 0) is 37.3 Å². The van der Waals surface area contributed by atoms with Gasteiger partial charge in [-0.3, -0.25) is 4.79 Å². The third-order valence-electron chi connectivity index (χ3n) is 4.03. The first-order valence-electron chi connectivity index (χ1n) is 7.41. The van der Waals surface area contributed by atoms with Crippen molar-refractivity contribution < 1.29 is 4.79 Å². The Morgan fingerprint density at radius 3 is 3.00 bits per heavy atom. The van der Waals surface area contributed by atoms with Gasteiger partial charge in [0.1, 0.15) is 5.01 Å². The third kappa shape index (κ3) is 3.33. The van der Waals surface area contributed by atoms with Crippen molar-refractivity contribution in [1.29, 1.82) is 0 Å². The summed E-state index contributed by atoms with van der Waals surface area (Å²) in [7, 11) is 1.92. The maximum atomic E-state index is 12.5. The van der Waals surface area contributed by atoms with Crippen molar-refractivity contribution in [3.63, 3.8) is 0 Å². The number of fused-ring (bicyclic) bond motifs is 1. The molecule has 0 N–H and O–H groups in total. The largest absolute Gasteiger partial charge is 0.338 e. The number of thioether (sulfide) groups is 1. The molecule has 2 aromatic rings. The first kappa shape index (κ1) is 15.5. The van der Waals surface area contributed by atoms with Gasteiger partial charge in [-0.1, -0.05) is 47.4 Å². The van der Waals surface area contributed by atoms with Gasteiger partial charge in [-0.15, -0.1) is 10.2 Å². The lowest BCUT2D eigenvalue weighted by Crippen LogP contribution is -2.34. The summed E-state index contributed by atoms with van der Waals surface area (Å²) in [6.45, 7) is 1.93. The zero-order valence-electron chi connectivity index (χ0n) is 12.8. The lowest BCUT2D eigenvalue weighted by atomic mass is 9.87. The molecule has 1 atom stereocenters. The molecule has 4 nitrogen and oxygen atoms in total. The van der Waals surface area contributed by atoms with Gasteiger partial charge in [0.05, 0.1) is 11.8 Å². The minimum Gasteiger partial charge on any atom is -0.338 e. The van der Waals surface area contributed by atoms with Gasteiger partial charge in [0.2, 0.25) is 5.91 Å². The second-order valence-corrected chi connectivity index (χ2v) is 7.89. The molecular formula is C16H19N3OS2. The Bertz CT molecular complexity index is 671. The molecule has 116 valence electrons. The van der Waals surface area contributed by atoms with Crippen LogP contribution in [0, 0.1) is 6.92 Å². The second-order valence-electron chi connectivity index (χ2n) is 5.49. The standard InChI is InChI=1S/C16H19N3OS2/c1-11-17-18-16(22-11)21-10-15(20)19(2)14-9-5-7-12-6-3-4-8-13(12)14/h3-4,6,8,14H,5,7,9-10H2,1-2H3. The minimum absolute atomic E-state index is 0.152. The minimum atomic E-state index is 0.152. The maximum Gasteiger partial charge on any atom is 0.233 e. The number of nitrogens with zero attached hydrogens (tertiary/aromatic N) is 3. The van der Waals surface area contributed by atoms with Gasteiger partial charge in [0.15, 0.2) is 4.34 Å². The monoisotopic (exact) mass is 333 g/mol. The quantitative estimate of drug-likeness (QED) is 0.804. The summed E-state index contributed by atoms with van der Waals surface area (Å²) in [6, 6.07) is 8.68. The van der Waals surface area contributed by atoms with E-state index in [2.05, 4.69) is 34.5 Å².